The largest absolute Gasteiger partial charge is 0.392 e. The number of carbonyl (C=O) groups is 1. The highest BCUT2D eigenvalue weighted by molar-refractivity contribution is 5.97. The van der Waals surface area contributed by atoms with Crippen LogP contribution in [-0.2, 0) is 13.5 Å². The molecule has 29 heavy (non-hydrogen) atoms. The molecule has 5 heteroatoms. The molecule has 1 N–H and O–H groups in total. The van der Waals surface area contributed by atoms with Gasteiger partial charge in [0.25, 0.3) is 11.5 Å². The van der Waals surface area contributed by atoms with Crippen LogP contribution in [0.1, 0.15) is 28.8 Å². The zero-order chi connectivity index (χ0) is 20.4. The van der Waals surface area contributed by atoms with Gasteiger partial charge in [-0.1, -0.05) is 48.5 Å². The SMILES string of the molecule is Cn1c(=O)c(C(=O)N2CCC([C@@H](O)Cc3ccccc3)CC2)cc2ccccc21. The van der Waals surface area contributed by atoms with E-state index in [2.05, 4.69) is 0 Å². The summed E-state index contributed by atoms with van der Waals surface area (Å²) in [7, 11) is 1.70. The third-order valence-corrected chi connectivity index (χ3v) is 6.02. The fourth-order valence-electron chi connectivity index (χ4n) is 4.26. The van der Waals surface area contributed by atoms with Crippen molar-refractivity contribution in [3.63, 3.8) is 0 Å². The Labute approximate surface area is 170 Å². The molecule has 0 bridgehead atoms. The number of likely N-dealkylation sites (tertiary alicyclic amines) is 1. The van der Waals surface area contributed by atoms with E-state index in [0.717, 1.165) is 29.3 Å². The molecule has 0 aliphatic carbocycles. The quantitative estimate of drug-likeness (QED) is 0.745. The number of para-hydroxylation sites is 1. The smallest absolute Gasteiger partial charge is 0.263 e. The lowest BCUT2D eigenvalue weighted by Crippen LogP contribution is -2.43. The van der Waals surface area contributed by atoms with Crippen LogP contribution in [0.4, 0.5) is 0 Å². The van der Waals surface area contributed by atoms with Crippen molar-refractivity contribution in [2.45, 2.75) is 25.4 Å². The molecule has 0 saturated carbocycles. The average Bonchev–Trinajstić information content (AvgIpc) is 2.76. The van der Waals surface area contributed by atoms with Gasteiger partial charge in [-0.3, -0.25) is 9.59 Å². The van der Waals surface area contributed by atoms with E-state index in [1.165, 1.54) is 0 Å². The van der Waals surface area contributed by atoms with Gasteiger partial charge in [0.15, 0.2) is 0 Å². The summed E-state index contributed by atoms with van der Waals surface area (Å²) >= 11 is 0. The lowest BCUT2D eigenvalue weighted by Gasteiger charge is -2.34. The highest BCUT2D eigenvalue weighted by atomic mass is 16.3. The lowest BCUT2D eigenvalue weighted by atomic mass is 9.87. The average molecular weight is 390 g/mol. The van der Waals surface area contributed by atoms with Gasteiger partial charge in [-0.15, -0.1) is 0 Å². The first-order valence-corrected chi connectivity index (χ1v) is 10.1. The number of amides is 1. The second-order valence-electron chi connectivity index (χ2n) is 7.87. The third kappa shape index (κ3) is 3.96. The number of nitrogens with zero attached hydrogens (tertiary/aromatic N) is 2. The number of hydrogen-bond donors (Lipinski definition) is 1. The molecule has 5 nitrogen and oxygen atoms in total. The molecule has 1 atom stereocenters. The van der Waals surface area contributed by atoms with Crippen molar-refractivity contribution in [3.8, 4) is 0 Å². The molecule has 2 aromatic carbocycles. The van der Waals surface area contributed by atoms with E-state index >= 15 is 0 Å². The van der Waals surface area contributed by atoms with Gasteiger partial charge in [0, 0.05) is 20.1 Å². The van der Waals surface area contributed by atoms with Crippen LogP contribution >= 0.6 is 0 Å². The lowest BCUT2D eigenvalue weighted by molar-refractivity contribution is 0.0466. The maximum absolute atomic E-state index is 13.0. The molecule has 0 unspecified atom stereocenters. The molecule has 1 aliphatic rings. The maximum atomic E-state index is 13.0. The van der Waals surface area contributed by atoms with E-state index in [9.17, 15) is 14.7 Å². The zero-order valence-electron chi connectivity index (χ0n) is 16.6. The Hall–Kier alpha value is -2.92. The molecule has 2 heterocycles. The van der Waals surface area contributed by atoms with Crippen LogP contribution in [-0.4, -0.2) is 39.7 Å². The first kappa shape index (κ1) is 19.4. The zero-order valence-corrected chi connectivity index (χ0v) is 16.6. The molecule has 0 radical (unpaired) electrons. The van der Waals surface area contributed by atoms with E-state index in [4.69, 9.17) is 0 Å². The van der Waals surface area contributed by atoms with Crippen LogP contribution in [0.2, 0.25) is 0 Å². The van der Waals surface area contributed by atoms with Crippen molar-refractivity contribution in [2.24, 2.45) is 13.0 Å². The van der Waals surface area contributed by atoms with E-state index < -0.39 is 6.10 Å². The van der Waals surface area contributed by atoms with Crippen LogP contribution in [0.15, 0.2) is 65.5 Å². The number of rotatable bonds is 4. The number of aromatic nitrogens is 1. The Kier molecular flexibility index (Phi) is 5.49. The predicted octanol–water partition coefficient (Wildman–Crippen LogP) is 2.99. The number of aliphatic hydroxyl groups is 1. The minimum absolute atomic E-state index is 0.165. The molecule has 1 aliphatic heterocycles. The number of hydrogen-bond acceptors (Lipinski definition) is 3. The van der Waals surface area contributed by atoms with Gasteiger partial charge >= 0.3 is 0 Å². The van der Waals surface area contributed by atoms with Crippen LogP contribution < -0.4 is 5.56 Å². The summed E-state index contributed by atoms with van der Waals surface area (Å²) in [6.45, 7) is 1.12. The van der Waals surface area contributed by atoms with E-state index in [0.29, 0.717) is 19.5 Å². The summed E-state index contributed by atoms with van der Waals surface area (Å²) in [5.74, 6) is -0.0500. The van der Waals surface area contributed by atoms with Crippen LogP contribution in [0.5, 0.6) is 0 Å². The van der Waals surface area contributed by atoms with E-state index in [1.54, 1.807) is 22.6 Å². The molecule has 4 rings (SSSR count). The molecular weight excluding hydrogens is 364 g/mol. The Morgan fingerprint density at radius 3 is 2.45 bits per heavy atom. The van der Waals surface area contributed by atoms with Gasteiger partial charge in [-0.25, -0.2) is 0 Å². The normalized spacial score (nSPS) is 16.1. The molecule has 1 saturated heterocycles. The number of fused-ring (bicyclic) bond motifs is 1. The molecular formula is C24H26N2O3. The van der Waals surface area contributed by atoms with Crippen LogP contribution in [0.25, 0.3) is 10.9 Å². The first-order chi connectivity index (χ1) is 14.0. The van der Waals surface area contributed by atoms with Gasteiger partial charge in [-0.2, -0.15) is 0 Å². The van der Waals surface area contributed by atoms with Gasteiger partial charge in [-0.05, 0) is 48.3 Å². The first-order valence-electron chi connectivity index (χ1n) is 10.1. The van der Waals surface area contributed by atoms with Crippen LogP contribution in [0, 0.1) is 5.92 Å². The van der Waals surface area contributed by atoms with Gasteiger partial charge in [0.1, 0.15) is 5.56 Å². The topological polar surface area (TPSA) is 62.5 Å². The monoisotopic (exact) mass is 390 g/mol. The summed E-state index contributed by atoms with van der Waals surface area (Å²) in [5.41, 5.74) is 1.89. The Balaban J connectivity index is 1.45. The number of aliphatic hydroxyl groups excluding tert-OH is 1. The van der Waals surface area contributed by atoms with E-state index in [1.807, 2.05) is 54.6 Å². The molecule has 150 valence electrons. The Morgan fingerprint density at radius 2 is 1.72 bits per heavy atom. The Bertz CT molecular complexity index is 1070. The van der Waals surface area contributed by atoms with Crippen molar-refractivity contribution < 1.29 is 9.90 Å². The van der Waals surface area contributed by atoms with Gasteiger partial charge in [0.2, 0.25) is 0 Å². The molecule has 1 aromatic heterocycles. The summed E-state index contributed by atoms with van der Waals surface area (Å²) < 4.78 is 1.54. The van der Waals surface area contributed by atoms with Gasteiger partial charge < -0.3 is 14.6 Å². The summed E-state index contributed by atoms with van der Waals surface area (Å²) in [5, 5.41) is 11.5. The fourth-order valence-corrected chi connectivity index (χ4v) is 4.26. The third-order valence-electron chi connectivity index (χ3n) is 6.02. The molecule has 0 spiro atoms. The van der Waals surface area contributed by atoms with Crippen molar-refractivity contribution in [2.75, 3.05) is 13.1 Å². The number of piperidine rings is 1. The van der Waals surface area contributed by atoms with E-state index in [-0.39, 0.29) is 22.9 Å². The highest BCUT2D eigenvalue weighted by Crippen LogP contribution is 2.24. The van der Waals surface area contributed by atoms with Crippen molar-refractivity contribution >= 4 is 16.8 Å². The van der Waals surface area contributed by atoms with Crippen molar-refractivity contribution in [1.82, 2.24) is 9.47 Å². The standard InChI is InChI=1S/C24H26N2O3/c1-25-21-10-6-5-9-19(21)16-20(23(25)28)24(29)26-13-11-18(12-14-26)22(27)15-17-7-3-2-4-8-17/h2-10,16,18,22,27H,11-15H2,1H3/t22-/m0/s1. The minimum Gasteiger partial charge on any atom is -0.392 e. The van der Waals surface area contributed by atoms with Crippen molar-refractivity contribution in [3.05, 3.63) is 82.1 Å². The minimum atomic E-state index is -0.414. The predicted molar refractivity (Wildman–Crippen MR) is 114 cm³/mol. The second-order valence-corrected chi connectivity index (χ2v) is 7.87. The molecule has 1 amide bonds. The number of benzene rings is 2. The highest BCUT2D eigenvalue weighted by Gasteiger charge is 2.29. The van der Waals surface area contributed by atoms with Crippen LogP contribution in [0.3, 0.4) is 0 Å². The Morgan fingerprint density at radius 1 is 1.07 bits per heavy atom. The molecule has 1 fully saturated rings. The number of pyridine rings is 1. The summed E-state index contributed by atoms with van der Waals surface area (Å²) in [4.78, 5) is 27.5. The number of carbonyl (C=O) groups excluding carboxylic acids is 1. The maximum Gasteiger partial charge on any atom is 0.263 e. The fraction of sp³-hybridized carbons (Fsp3) is 0.333. The number of aryl methyl sites for hydroxylation is 1. The second kappa shape index (κ2) is 8.21. The van der Waals surface area contributed by atoms with Crippen molar-refractivity contribution in [1.29, 1.82) is 0 Å². The summed E-state index contributed by atoms with van der Waals surface area (Å²) in [6, 6.07) is 19.3. The summed E-state index contributed by atoms with van der Waals surface area (Å²) in [6.07, 6.45) is 1.70. The molecule has 3 aromatic rings. The van der Waals surface area contributed by atoms with Gasteiger partial charge in [0.05, 0.1) is 11.6 Å².